The maximum Gasteiger partial charge on any atom is 0.411 e. The predicted molar refractivity (Wildman–Crippen MR) is 99.9 cm³/mol. The number of hydrogen-bond acceptors (Lipinski definition) is 5. The Hall–Kier alpha value is -2.31. The molecule has 140 valence electrons. The summed E-state index contributed by atoms with van der Waals surface area (Å²) in [5, 5.41) is 0.973. The number of rotatable bonds is 2. The molecule has 1 aliphatic carbocycles. The van der Waals surface area contributed by atoms with Crippen molar-refractivity contribution < 1.29 is 9.53 Å². The number of nitrogens with zero attached hydrogens (tertiary/aromatic N) is 4. The molecule has 1 saturated carbocycles. The molecule has 26 heavy (non-hydrogen) atoms. The number of aromatic amines is 1. The summed E-state index contributed by atoms with van der Waals surface area (Å²) in [5.74, 6) is 1.84. The molecule has 2 aromatic rings. The molecule has 1 unspecified atom stereocenters. The van der Waals surface area contributed by atoms with Gasteiger partial charge in [-0.3, -0.25) is 4.90 Å². The Bertz CT molecular complexity index is 812. The zero-order valence-corrected chi connectivity index (χ0v) is 15.9. The van der Waals surface area contributed by atoms with Crippen LogP contribution in [0.1, 0.15) is 40.0 Å². The average Bonchev–Trinajstić information content (AvgIpc) is 3.26. The smallest absolute Gasteiger partial charge is 0.411 e. The molecule has 1 N–H and O–H groups in total. The molecule has 2 aromatic heterocycles. The van der Waals surface area contributed by atoms with E-state index in [4.69, 9.17) is 4.74 Å². The third kappa shape index (κ3) is 2.89. The summed E-state index contributed by atoms with van der Waals surface area (Å²) >= 11 is 0. The molecule has 4 rings (SSSR count). The summed E-state index contributed by atoms with van der Waals surface area (Å²) in [7, 11) is 2.03. The van der Waals surface area contributed by atoms with Gasteiger partial charge >= 0.3 is 6.09 Å². The number of carbonyl (C=O) groups is 1. The second-order valence-electron chi connectivity index (χ2n) is 8.45. The summed E-state index contributed by atoms with van der Waals surface area (Å²) in [6, 6.07) is 1.99. The minimum absolute atomic E-state index is 0.0367. The van der Waals surface area contributed by atoms with Gasteiger partial charge in [0.1, 0.15) is 29.6 Å². The van der Waals surface area contributed by atoms with Gasteiger partial charge in [-0.2, -0.15) is 0 Å². The molecule has 0 aromatic carbocycles. The van der Waals surface area contributed by atoms with Gasteiger partial charge in [-0.25, -0.2) is 14.8 Å². The highest BCUT2D eigenvalue weighted by Gasteiger charge is 2.49. The van der Waals surface area contributed by atoms with Crippen molar-refractivity contribution in [3.63, 3.8) is 0 Å². The van der Waals surface area contributed by atoms with Crippen molar-refractivity contribution in [2.45, 2.75) is 51.8 Å². The van der Waals surface area contributed by atoms with Crippen molar-refractivity contribution in [3.05, 3.63) is 18.6 Å². The molecular weight excluding hydrogens is 330 g/mol. The molecule has 1 saturated heterocycles. The van der Waals surface area contributed by atoms with E-state index in [9.17, 15) is 4.79 Å². The lowest BCUT2D eigenvalue weighted by Gasteiger charge is -2.37. The van der Waals surface area contributed by atoms with Gasteiger partial charge in [0.15, 0.2) is 0 Å². The Morgan fingerprint density at radius 2 is 2.15 bits per heavy atom. The fourth-order valence-corrected chi connectivity index (χ4v) is 4.54. The first-order chi connectivity index (χ1) is 12.3. The first kappa shape index (κ1) is 17.1. The maximum atomic E-state index is 12.9. The monoisotopic (exact) mass is 357 g/mol. The van der Waals surface area contributed by atoms with Crippen molar-refractivity contribution in [2.75, 3.05) is 18.5 Å². The molecule has 1 amide bonds. The van der Waals surface area contributed by atoms with Gasteiger partial charge in [0.05, 0.1) is 5.39 Å². The third-order valence-electron chi connectivity index (χ3n) is 5.54. The normalized spacial score (nSPS) is 25.5. The lowest BCUT2D eigenvalue weighted by atomic mass is 9.97. The number of aromatic nitrogens is 3. The number of nitrogens with one attached hydrogen (secondary N) is 1. The Balaban J connectivity index is 1.68. The quantitative estimate of drug-likeness (QED) is 0.892. The van der Waals surface area contributed by atoms with Crippen molar-refractivity contribution in [2.24, 2.45) is 11.8 Å². The molecule has 7 heteroatoms. The second kappa shape index (κ2) is 6.14. The lowest BCUT2D eigenvalue weighted by Crippen LogP contribution is -2.50. The summed E-state index contributed by atoms with van der Waals surface area (Å²) in [6.07, 6.45) is 6.72. The molecule has 1 aliphatic heterocycles. The molecule has 2 aliphatic rings. The highest BCUT2D eigenvalue weighted by atomic mass is 16.6. The Morgan fingerprint density at radius 3 is 2.92 bits per heavy atom. The van der Waals surface area contributed by atoms with Crippen molar-refractivity contribution in [1.82, 2.24) is 19.9 Å². The molecule has 3 heterocycles. The van der Waals surface area contributed by atoms with E-state index in [2.05, 4.69) is 19.9 Å². The van der Waals surface area contributed by atoms with Crippen LogP contribution in [0.3, 0.4) is 0 Å². The van der Waals surface area contributed by atoms with Crippen LogP contribution in [0.25, 0.3) is 11.0 Å². The first-order valence-corrected chi connectivity index (χ1v) is 9.36. The molecular formula is C19H27N5O2. The van der Waals surface area contributed by atoms with Crippen LogP contribution in [0.5, 0.6) is 0 Å². The van der Waals surface area contributed by atoms with Crippen LogP contribution < -0.4 is 4.90 Å². The summed E-state index contributed by atoms with van der Waals surface area (Å²) in [6.45, 7) is 6.49. The largest absolute Gasteiger partial charge is 0.444 e. The topological polar surface area (TPSA) is 74.4 Å². The van der Waals surface area contributed by atoms with Crippen LogP contribution in [0.15, 0.2) is 18.6 Å². The Kier molecular flexibility index (Phi) is 4.04. The predicted octanol–water partition coefficient (Wildman–Crippen LogP) is 3.39. The molecule has 7 nitrogen and oxygen atoms in total. The standard InChI is InChI=1S/C19H27N5O2/c1-19(2,3)26-18(25)24-10-12-6-5-7-13(12)17(24)23(4)16-14-8-9-20-15(14)21-11-22-16/h8-9,11-13,17H,5-7,10H2,1-4H3,(H,20,21,22)/t12-,13-,17?/m0/s1. The fourth-order valence-electron chi connectivity index (χ4n) is 4.54. The second-order valence-corrected chi connectivity index (χ2v) is 8.45. The molecule has 0 radical (unpaired) electrons. The van der Waals surface area contributed by atoms with Gasteiger partial charge < -0.3 is 14.6 Å². The molecule has 2 fully saturated rings. The summed E-state index contributed by atoms with van der Waals surface area (Å²) in [4.78, 5) is 28.9. The van der Waals surface area contributed by atoms with E-state index in [-0.39, 0.29) is 12.3 Å². The van der Waals surface area contributed by atoms with Gasteiger partial charge in [0, 0.05) is 25.7 Å². The zero-order chi connectivity index (χ0) is 18.5. The fraction of sp³-hybridized carbons (Fsp3) is 0.632. The van der Waals surface area contributed by atoms with E-state index in [1.165, 1.54) is 12.8 Å². The summed E-state index contributed by atoms with van der Waals surface area (Å²) < 4.78 is 5.70. The van der Waals surface area contributed by atoms with Gasteiger partial charge in [0.25, 0.3) is 0 Å². The number of amides is 1. The Labute approximate surface area is 153 Å². The van der Waals surface area contributed by atoms with Crippen LogP contribution in [0.4, 0.5) is 10.6 Å². The van der Waals surface area contributed by atoms with Crippen LogP contribution >= 0.6 is 0 Å². The Morgan fingerprint density at radius 1 is 1.35 bits per heavy atom. The zero-order valence-electron chi connectivity index (χ0n) is 15.9. The van der Waals surface area contributed by atoms with E-state index < -0.39 is 5.60 Å². The van der Waals surface area contributed by atoms with Crippen molar-refractivity contribution >= 4 is 22.9 Å². The molecule has 0 spiro atoms. The number of fused-ring (bicyclic) bond motifs is 2. The van der Waals surface area contributed by atoms with E-state index in [1.54, 1.807) is 6.33 Å². The first-order valence-electron chi connectivity index (χ1n) is 9.36. The summed E-state index contributed by atoms with van der Waals surface area (Å²) in [5.41, 5.74) is 0.312. The number of ether oxygens (including phenoxy) is 1. The molecule has 3 atom stereocenters. The minimum Gasteiger partial charge on any atom is -0.444 e. The van der Waals surface area contributed by atoms with E-state index >= 15 is 0 Å². The number of hydrogen-bond donors (Lipinski definition) is 1. The highest BCUT2D eigenvalue weighted by Crippen LogP contribution is 2.44. The number of likely N-dealkylation sites (tertiary alicyclic amines) is 1. The number of anilines is 1. The van der Waals surface area contributed by atoms with E-state index in [0.29, 0.717) is 11.8 Å². The third-order valence-corrected chi connectivity index (χ3v) is 5.54. The number of carbonyl (C=O) groups excluding carboxylic acids is 1. The molecule has 0 bridgehead atoms. The van der Waals surface area contributed by atoms with E-state index in [1.807, 2.05) is 45.0 Å². The van der Waals surface area contributed by atoms with Crippen LogP contribution in [-0.2, 0) is 4.74 Å². The van der Waals surface area contributed by atoms with Crippen LogP contribution in [-0.4, -0.2) is 51.3 Å². The average molecular weight is 357 g/mol. The SMILES string of the molecule is CN(c1ncnc2[nH]ccc12)C1[C@H]2CCC[C@H]2CN1C(=O)OC(C)(C)C. The van der Waals surface area contributed by atoms with Gasteiger partial charge in [-0.1, -0.05) is 6.42 Å². The maximum absolute atomic E-state index is 12.9. The van der Waals surface area contributed by atoms with Crippen molar-refractivity contribution in [3.8, 4) is 0 Å². The van der Waals surface area contributed by atoms with Crippen LogP contribution in [0.2, 0.25) is 0 Å². The minimum atomic E-state index is -0.499. The van der Waals surface area contributed by atoms with Crippen LogP contribution in [0, 0.1) is 11.8 Å². The number of H-pyrrole nitrogens is 1. The van der Waals surface area contributed by atoms with Gasteiger partial charge in [-0.15, -0.1) is 0 Å². The highest BCUT2D eigenvalue weighted by molar-refractivity contribution is 5.87. The lowest BCUT2D eigenvalue weighted by molar-refractivity contribution is 0.0201. The van der Waals surface area contributed by atoms with Gasteiger partial charge in [0.2, 0.25) is 0 Å². The van der Waals surface area contributed by atoms with E-state index in [0.717, 1.165) is 29.8 Å². The van der Waals surface area contributed by atoms with Gasteiger partial charge in [-0.05, 0) is 45.6 Å². The van der Waals surface area contributed by atoms with Crippen molar-refractivity contribution in [1.29, 1.82) is 0 Å².